The van der Waals surface area contributed by atoms with Crippen molar-refractivity contribution in [3.05, 3.63) is 104 Å². The van der Waals surface area contributed by atoms with Crippen LogP contribution < -0.4 is 0 Å². The van der Waals surface area contributed by atoms with E-state index in [0.29, 0.717) is 0 Å². The molecule has 0 fully saturated rings. The highest BCUT2D eigenvalue weighted by atomic mass is 16.3. The topological polar surface area (TPSA) is 74.8 Å². The molecule has 0 unspecified atom stereocenters. The monoisotopic (exact) mass is 491 g/mol. The molecular weight excluding hydrogens is 474 g/mol. The first-order valence-corrected chi connectivity index (χ1v) is 12.4. The Morgan fingerprint density at radius 3 is 1.53 bits per heavy atom. The Morgan fingerprint density at radius 2 is 1.00 bits per heavy atom. The van der Waals surface area contributed by atoms with E-state index in [2.05, 4.69) is 31.2 Å². The lowest BCUT2D eigenvalue weighted by Crippen LogP contribution is -2.02. The van der Waals surface area contributed by atoms with E-state index in [9.17, 15) is 0 Å². The van der Waals surface area contributed by atoms with Crippen LogP contribution in [0.4, 0.5) is 0 Å². The van der Waals surface area contributed by atoms with Crippen LogP contribution in [0.2, 0.25) is 0 Å². The summed E-state index contributed by atoms with van der Waals surface area (Å²) in [7, 11) is 0. The maximum Gasteiger partial charge on any atom is 0.215 e. The second-order valence-electron chi connectivity index (χ2n) is 9.37. The summed E-state index contributed by atoms with van der Waals surface area (Å²) in [6.45, 7) is 0. The SMILES string of the molecule is c1cc(-n2c3ccncc3c3c4ccccc4oc32)nc(-n2c3ccncc3c3c4ccccc4oc32)c1. The van der Waals surface area contributed by atoms with Gasteiger partial charge in [-0.25, -0.2) is 4.98 Å². The number of hydrogen-bond donors (Lipinski definition) is 0. The average molecular weight is 492 g/mol. The lowest BCUT2D eigenvalue weighted by atomic mass is 10.1. The lowest BCUT2D eigenvalue weighted by Gasteiger charge is -2.09. The van der Waals surface area contributed by atoms with Crippen molar-refractivity contribution in [3.63, 3.8) is 0 Å². The van der Waals surface area contributed by atoms with Gasteiger partial charge in [0, 0.05) is 46.3 Å². The minimum atomic E-state index is 0.743. The predicted molar refractivity (Wildman–Crippen MR) is 148 cm³/mol. The molecule has 2 aromatic carbocycles. The molecule has 0 aliphatic carbocycles. The van der Waals surface area contributed by atoms with Crippen LogP contribution in [0, 0.1) is 0 Å². The van der Waals surface area contributed by atoms with Crippen LogP contribution in [-0.4, -0.2) is 24.1 Å². The quantitative estimate of drug-likeness (QED) is 0.249. The summed E-state index contributed by atoms with van der Waals surface area (Å²) in [5, 5.41) is 6.24. The molecule has 7 aromatic heterocycles. The van der Waals surface area contributed by atoms with E-state index in [1.165, 1.54) is 0 Å². The third-order valence-electron chi connectivity index (χ3n) is 7.35. The normalized spacial score (nSPS) is 12.2. The molecule has 9 rings (SSSR count). The fourth-order valence-corrected chi connectivity index (χ4v) is 5.78. The smallest absolute Gasteiger partial charge is 0.215 e. The van der Waals surface area contributed by atoms with Crippen LogP contribution in [0.1, 0.15) is 0 Å². The van der Waals surface area contributed by atoms with Crippen LogP contribution in [0.3, 0.4) is 0 Å². The Balaban J connectivity index is 1.37. The summed E-state index contributed by atoms with van der Waals surface area (Å²) >= 11 is 0. The molecule has 0 bridgehead atoms. The number of nitrogens with zero attached hydrogens (tertiary/aromatic N) is 5. The molecule has 0 radical (unpaired) electrons. The molecule has 0 atom stereocenters. The van der Waals surface area contributed by atoms with E-state index < -0.39 is 0 Å². The van der Waals surface area contributed by atoms with Gasteiger partial charge in [0.15, 0.2) is 0 Å². The highest BCUT2D eigenvalue weighted by molar-refractivity contribution is 6.20. The second kappa shape index (κ2) is 7.08. The van der Waals surface area contributed by atoms with Crippen molar-refractivity contribution in [2.24, 2.45) is 0 Å². The number of para-hydroxylation sites is 2. The van der Waals surface area contributed by atoms with Crippen LogP contribution in [0.5, 0.6) is 0 Å². The molecule has 0 N–H and O–H groups in total. The first kappa shape index (κ1) is 19.7. The van der Waals surface area contributed by atoms with Crippen LogP contribution in [0.15, 0.2) is 112 Å². The first-order valence-electron chi connectivity index (χ1n) is 12.4. The zero-order chi connectivity index (χ0) is 24.8. The first-order chi connectivity index (χ1) is 18.9. The van der Waals surface area contributed by atoms with E-state index in [4.69, 9.17) is 13.8 Å². The molecular formula is C31H17N5O2. The third-order valence-corrected chi connectivity index (χ3v) is 7.35. The minimum Gasteiger partial charge on any atom is -0.439 e. The van der Waals surface area contributed by atoms with E-state index in [-0.39, 0.29) is 0 Å². The number of furan rings is 2. The summed E-state index contributed by atoms with van der Waals surface area (Å²) in [6.07, 6.45) is 7.39. The Bertz CT molecular complexity index is 2210. The van der Waals surface area contributed by atoms with Gasteiger partial charge in [-0.1, -0.05) is 42.5 Å². The van der Waals surface area contributed by atoms with Gasteiger partial charge >= 0.3 is 0 Å². The van der Waals surface area contributed by atoms with Crippen molar-refractivity contribution in [2.75, 3.05) is 0 Å². The van der Waals surface area contributed by atoms with Crippen molar-refractivity contribution >= 4 is 65.9 Å². The standard InChI is InChI=1S/C31H17N5O2/c1-3-8-24-18(6-1)28-20-16-32-14-12-22(20)35(30(28)37-24)26-10-5-11-27(34-26)36-23-13-15-33-17-21(23)29-19-7-2-4-9-25(19)38-31(29)36/h1-17H. The molecule has 0 saturated carbocycles. The zero-order valence-corrected chi connectivity index (χ0v) is 19.9. The van der Waals surface area contributed by atoms with Gasteiger partial charge in [0.1, 0.15) is 22.8 Å². The van der Waals surface area contributed by atoms with Crippen LogP contribution >= 0.6 is 0 Å². The van der Waals surface area contributed by atoms with E-state index >= 15 is 0 Å². The third kappa shape index (κ3) is 2.44. The Kier molecular flexibility index (Phi) is 3.67. The van der Waals surface area contributed by atoms with Crippen LogP contribution in [-0.2, 0) is 0 Å². The number of rotatable bonds is 2. The molecule has 9 aromatic rings. The number of aromatic nitrogens is 5. The van der Waals surface area contributed by atoms with Crippen molar-refractivity contribution in [2.45, 2.75) is 0 Å². The highest BCUT2D eigenvalue weighted by Gasteiger charge is 2.22. The summed E-state index contributed by atoms with van der Waals surface area (Å²) in [6, 6.07) is 26.2. The highest BCUT2D eigenvalue weighted by Crippen LogP contribution is 2.40. The largest absolute Gasteiger partial charge is 0.439 e. The van der Waals surface area contributed by atoms with Crippen molar-refractivity contribution in [1.82, 2.24) is 24.1 Å². The molecule has 0 amide bonds. The molecule has 7 heteroatoms. The molecule has 0 saturated heterocycles. The molecule has 0 aliphatic heterocycles. The molecule has 0 aliphatic rings. The number of benzene rings is 2. The van der Waals surface area contributed by atoms with Gasteiger partial charge in [0.25, 0.3) is 0 Å². The average Bonchev–Trinajstić information content (AvgIpc) is 3.69. The summed E-state index contributed by atoms with van der Waals surface area (Å²) in [4.78, 5) is 14.0. The van der Waals surface area contributed by atoms with Gasteiger partial charge in [-0.2, -0.15) is 0 Å². The van der Waals surface area contributed by atoms with E-state index in [1.54, 1.807) is 12.4 Å². The lowest BCUT2D eigenvalue weighted by molar-refractivity contribution is 0.641. The fourth-order valence-electron chi connectivity index (χ4n) is 5.78. The van der Waals surface area contributed by atoms with Gasteiger partial charge in [0.2, 0.25) is 11.4 Å². The Morgan fingerprint density at radius 1 is 0.500 bits per heavy atom. The van der Waals surface area contributed by atoms with E-state index in [0.717, 1.165) is 77.6 Å². The second-order valence-corrected chi connectivity index (χ2v) is 9.37. The van der Waals surface area contributed by atoms with Crippen molar-refractivity contribution in [1.29, 1.82) is 0 Å². The van der Waals surface area contributed by atoms with Gasteiger partial charge in [0.05, 0.1) is 21.8 Å². The van der Waals surface area contributed by atoms with Crippen LogP contribution in [0.25, 0.3) is 77.6 Å². The van der Waals surface area contributed by atoms with Crippen molar-refractivity contribution in [3.8, 4) is 11.6 Å². The van der Waals surface area contributed by atoms with Gasteiger partial charge in [-0.05, 0) is 36.4 Å². The Hall–Kier alpha value is -5.43. The maximum absolute atomic E-state index is 6.40. The zero-order valence-electron chi connectivity index (χ0n) is 19.9. The molecule has 7 nitrogen and oxygen atoms in total. The van der Waals surface area contributed by atoms with Gasteiger partial charge < -0.3 is 8.83 Å². The fraction of sp³-hybridized carbons (Fsp3) is 0. The molecule has 38 heavy (non-hydrogen) atoms. The minimum absolute atomic E-state index is 0.743. The van der Waals surface area contributed by atoms with Gasteiger partial charge in [-0.3, -0.25) is 19.1 Å². The van der Waals surface area contributed by atoms with E-state index in [1.807, 2.05) is 79.1 Å². The predicted octanol–water partition coefficient (Wildman–Crippen LogP) is 7.56. The Labute approximate surface area is 214 Å². The summed E-state index contributed by atoms with van der Waals surface area (Å²) in [5.41, 5.74) is 5.13. The summed E-state index contributed by atoms with van der Waals surface area (Å²) < 4.78 is 16.9. The molecule has 7 heterocycles. The summed E-state index contributed by atoms with van der Waals surface area (Å²) in [5.74, 6) is 1.49. The maximum atomic E-state index is 6.40. The molecule has 0 spiro atoms. The molecule has 178 valence electrons. The van der Waals surface area contributed by atoms with Gasteiger partial charge in [-0.15, -0.1) is 0 Å². The van der Waals surface area contributed by atoms with Crippen molar-refractivity contribution < 1.29 is 8.83 Å². The number of fused-ring (bicyclic) bond motifs is 10. The number of pyridine rings is 3. The number of hydrogen-bond acceptors (Lipinski definition) is 5.